The first kappa shape index (κ1) is 25.0. The first-order valence-electron chi connectivity index (χ1n) is 10.9. The molecule has 1 aromatic heterocycles. The van der Waals surface area contributed by atoms with Crippen molar-refractivity contribution < 1.29 is 0 Å². The second kappa shape index (κ2) is 12.5. The van der Waals surface area contributed by atoms with Crippen molar-refractivity contribution in [1.82, 2.24) is 20.2 Å². The number of imidazole rings is 1. The smallest absolute Gasteiger partial charge is 0.191 e. The molecule has 2 N–H and O–H groups in total. The van der Waals surface area contributed by atoms with Crippen LogP contribution in [0.2, 0.25) is 0 Å². The fraction of sp³-hybridized carbons (Fsp3) is 0.522. The summed E-state index contributed by atoms with van der Waals surface area (Å²) in [7, 11) is 0. The molecule has 3 rings (SSSR count). The Morgan fingerprint density at radius 1 is 1.35 bits per heavy atom. The number of nitriles is 1. The Balaban J connectivity index is 0.00000341. The van der Waals surface area contributed by atoms with Crippen molar-refractivity contribution in [1.29, 1.82) is 5.26 Å². The van der Waals surface area contributed by atoms with Crippen LogP contribution in [0.1, 0.15) is 45.0 Å². The van der Waals surface area contributed by atoms with Crippen LogP contribution in [0.25, 0.3) is 0 Å². The minimum absolute atomic E-state index is 0. The van der Waals surface area contributed by atoms with E-state index in [2.05, 4.69) is 51.9 Å². The van der Waals surface area contributed by atoms with Gasteiger partial charge in [-0.2, -0.15) is 5.26 Å². The summed E-state index contributed by atoms with van der Waals surface area (Å²) in [6.07, 6.45) is 6.03. The number of benzene rings is 1. The zero-order valence-electron chi connectivity index (χ0n) is 18.7. The van der Waals surface area contributed by atoms with Crippen LogP contribution in [0.3, 0.4) is 0 Å². The number of nitrogens with one attached hydrogen (secondary N) is 2. The lowest BCUT2D eigenvalue weighted by Gasteiger charge is -2.35. The number of para-hydroxylation sites is 1. The highest BCUT2D eigenvalue weighted by molar-refractivity contribution is 14.0. The number of hydrogen-bond acceptors (Lipinski definition) is 4. The van der Waals surface area contributed by atoms with E-state index in [1.165, 1.54) is 0 Å². The maximum absolute atomic E-state index is 9.44. The van der Waals surface area contributed by atoms with Crippen molar-refractivity contribution >= 4 is 35.6 Å². The summed E-state index contributed by atoms with van der Waals surface area (Å²) in [5.41, 5.74) is 1.75. The predicted molar refractivity (Wildman–Crippen MR) is 137 cm³/mol. The Morgan fingerprint density at radius 2 is 2.16 bits per heavy atom. The normalized spacial score (nSPS) is 16.5. The van der Waals surface area contributed by atoms with Crippen LogP contribution in [0.15, 0.2) is 41.7 Å². The number of piperidine rings is 1. The molecule has 8 heteroatoms. The summed E-state index contributed by atoms with van der Waals surface area (Å²) in [6, 6.07) is 10.4. The van der Waals surface area contributed by atoms with Gasteiger partial charge in [0.25, 0.3) is 0 Å². The monoisotopic (exact) mass is 535 g/mol. The van der Waals surface area contributed by atoms with Crippen LogP contribution in [-0.4, -0.2) is 41.2 Å². The molecule has 0 spiro atoms. The van der Waals surface area contributed by atoms with E-state index < -0.39 is 0 Å². The molecule has 1 unspecified atom stereocenters. The van der Waals surface area contributed by atoms with Gasteiger partial charge in [0.05, 0.1) is 11.3 Å². The third kappa shape index (κ3) is 7.13. The molecule has 1 aromatic carbocycles. The molecule has 31 heavy (non-hydrogen) atoms. The number of aromatic nitrogens is 2. The summed E-state index contributed by atoms with van der Waals surface area (Å²) in [5.74, 6) is 2.36. The Morgan fingerprint density at radius 3 is 2.90 bits per heavy atom. The molecule has 7 nitrogen and oxygen atoms in total. The summed E-state index contributed by atoms with van der Waals surface area (Å²) in [4.78, 5) is 11.6. The second-order valence-corrected chi connectivity index (χ2v) is 8.14. The van der Waals surface area contributed by atoms with E-state index in [0.29, 0.717) is 12.5 Å². The molecular weight excluding hydrogens is 501 g/mol. The zero-order chi connectivity index (χ0) is 21.3. The lowest BCUT2D eigenvalue weighted by Crippen LogP contribution is -2.51. The van der Waals surface area contributed by atoms with Gasteiger partial charge < -0.3 is 20.1 Å². The van der Waals surface area contributed by atoms with Crippen LogP contribution in [-0.2, 0) is 13.1 Å². The minimum atomic E-state index is 0. The number of halogens is 1. The summed E-state index contributed by atoms with van der Waals surface area (Å²) >= 11 is 0. The van der Waals surface area contributed by atoms with Gasteiger partial charge in [0.15, 0.2) is 5.96 Å². The van der Waals surface area contributed by atoms with E-state index in [1.807, 2.05) is 36.7 Å². The van der Waals surface area contributed by atoms with E-state index in [9.17, 15) is 5.26 Å². The number of aliphatic imine (C=N–C) groups is 1. The van der Waals surface area contributed by atoms with Crippen molar-refractivity contribution in [2.45, 2.75) is 52.7 Å². The average molecular weight is 535 g/mol. The highest BCUT2D eigenvalue weighted by Crippen LogP contribution is 2.23. The van der Waals surface area contributed by atoms with Crippen molar-refractivity contribution in [2.75, 3.05) is 24.5 Å². The molecule has 2 heterocycles. The van der Waals surface area contributed by atoms with Crippen LogP contribution in [0.4, 0.5) is 5.69 Å². The topological polar surface area (TPSA) is 81.3 Å². The fourth-order valence-corrected chi connectivity index (χ4v) is 3.87. The maximum Gasteiger partial charge on any atom is 0.191 e. The molecule has 1 aliphatic heterocycles. The van der Waals surface area contributed by atoms with Gasteiger partial charge in [-0.25, -0.2) is 9.98 Å². The van der Waals surface area contributed by atoms with Gasteiger partial charge in [0.1, 0.15) is 18.4 Å². The molecule has 0 bridgehead atoms. The molecule has 2 aromatic rings. The van der Waals surface area contributed by atoms with E-state index in [0.717, 1.165) is 62.1 Å². The van der Waals surface area contributed by atoms with Gasteiger partial charge in [0.2, 0.25) is 0 Å². The highest BCUT2D eigenvalue weighted by atomic mass is 127. The standard InChI is InChI=1S/C23H33N7.HI/c1-4-25-23(27-15-22-26-11-13-30(22)16-18(2)3)28-20-9-7-12-29(17-20)21-10-6-5-8-19(21)14-24;/h5-6,8,10-11,13,18,20H,4,7,9,12,15-17H2,1-3H3,(H2,25,27,28);1H. The molecule has 168 valence electrons. The lowest BCUT2D eigenvalue weighted by molar-refractivity contribution is 0.467. The molecular formula is C23H34IN7. The fourth-order valence-electron chi connectivity index (χ4n) is 3.87. The highest BCUT2D eigenvalue weighted by Gasteiger charge is 2.22. The summed E-state index contributed by atoms with van der Waals surface area (Å²) < 4.78 is 2.18. The minimum Gasteiger partial charge on any atom is -0.368 e. The molecule has 0 amide bonds. The van der Waals surface area contributed by atoms with E-state index >= 15 is 0 Å². The van der Waals surface area contributed by atoms with Crippen molar-refractivity contribution in [3.8, 4) is 6.07 Å². The van der Waals surface area contributed by atoms with Crippen LogP contribution in [0.5, 0.6) is 0 Å². The van der Waals surface area contributed by atoms with Crippen LogP contribution < -0.4 is 15.5 Å². The second-order valence-electron chi connectivity index (χ2n) is 8.14. The van der Waals surface area contributed by atoms with E-state index in [1.54, 1.807) is 0 Å². The molecule has 1 fully saturated rings. The number of rotatable bonds is 7. The number of nitrogens with zero attached hydrogens (tertiary/aromatic N) is 5. The number of guanidine groups is 1. The van der Waals surface area contributed by atoms with Gasteiger partial charge >= 0.3 is 0 Å². The van der Waals surface area contributed by atoms with Crippen molar-refractivity contribution in [2.24, 2.45) is 10.9 Å². The number of anilines is 1. The van der Waals surface area contributed by atoms with Crippen LogP contribution in [0, 0.1) is 17.2 Å². The Labute approximate surface area is 203 Å². The SMILES string of the molecule is CCNC(=NCc1nccn1CC(C)C)NC1CCCN(c2ccccc2C#N)C1.I. The van der Waals surface area contributed by atoms with E-state index in [-0.39, 0.29) is 30.0 Å². The lowest BCUT2D eigenvalue weighted by atomic mass is 10.0. The van der Waals surface area contributed by atoms with Crippen molar-refractivity contribution in [3.05, 3.63) is 48.0 Å². The van der Waals surface area contributed by atoms with Gasteiger partial charge in [0, 0.05) is 44.6 Å². The van der Waals surface area contributed by atoms with Crippen molar-refractivity contribution in [3.63, 3.8) is 0 Å². The Hall–Kier alpha value is -2.28. The average Bonchev–Trinajstić information content (AvgIpc) is 3.18. The van der Waals surface area contributed by atoms with Crippen LogP contribution >= 0.6 is 24.0 Å². The van der Waals surface area contributed by atoms with Gasteiger partial charge in [-0.15, -0.1) is 24.0 Å². The number of hydrogen-bond donors (Lipinski definition) is 2. The third-order valence-electron chi connectivity index (χ3n) is 5.21. The zero-order valence-corrected chi connectivity index (χ0v) is 21.0. The Bertz CT molecular complexity index is 884. The summed E-state index contributed by atoms with van der Waals surface area (Å²) in [5, 5.41) is 16.4. The van der Waals surface area contributed by atoms with E-state index in [4.69, 9.17) is 4.99 Å². The predicted octanol–water partition coefficient (Wildman–Crippen LogP) is 3.75. The van der Waals surface area contributed by atoms with Gasteiger partial charge in [-0.05, 0) is 37.8 Å². The first-order chi connectivity index (χ1) is 14.6. The molecule has 1 saturated heterocycles. The Kier molecular flexibility index (Phi) is 10.1. The van der Waals surface area contributed by atoms with Gasteiger partial charge in [-0.3, -0.25) is 0 Å². The molecule has 0 aliphatic carbocycles. The van der Waals surface area contributed by atoms with Gasteiger partial charge in [-0.1, -0.05) is 26.0 Å². The third-order valence-corrected chi connectivity index (χ3v) is 5.21. The molecule has 0 saturated carbocycles. The molecule has 1 aliphatic rings. The quantitative estimate of drug-likeness (QED) is 0.321. The molecule has 1 atom stereocenters. The summed E-state index contributed by atoms with van der Waals surface area (Å²) in [6.45, 7) is 10.6. The maximum atomic E-state index is 9.44. The molecule has 0 radical (unpaired) electrons. The first-order valence-corrected chi connectivity index (χ1v) is 10.9. The largest absolute Gasteiger partial charge is 0.368 e.